The smallest absolute Gasteiger partial charge is 0.191 e. The van der Waals surface area contributed by atoms with Crippen molar-refractivity contribution in [2.45, 2.75) is 23.4 Å². The Morgan fingerprint density at radius 2 is 1.71 bits per heavy atom. The summed E-state index contributed by atoms with van der Waals surface area (Å²) in [5.41, 5.74) is 1.03. The SMILES string of the molecule is CCCNc1cc(Nc2ccc(SC)cc2)nc(SC)n1. The summed E-state index contributed by atoms with van der Waals surface area (Å²) in [6.45, 7) is 3.04. The van der Waals surface area contributed by atoms with Crippen molar-refractivity contribution in [2.24, 2.45) is 0 Å². The van der Waals surface area contributed by atoms with Gasteiger partial charge in [0.05, 0.1) is 0 Å². The summed E-state index contributed by atoms with van der Waals surface area (Å²) in [5, 5.41) is 7.40. The predicted octanol–water partition coefficient (Wildman–Crippen LogP) is 4.49. The Bertz CT molecular complexity index is 572. The first-order chi connectivity index (χ1) is 10.2. The lowest BCUT2D eigenvalue weighted by Crippen LogP contribution is -2.05. The zero-order valence-corrected chi connectivity index (χ0v) is 14.1. The van der Waals surface area contributed by atoms with Crippen molar-refractivity contribution in [2.75, 3.05) is 29.7 Å². The van der Waals surface area contributed by atoms with Gasteiger partial charge in [0.1, 0.15) is 11.6 Å². The van der Waals surface area contributed by atoms with Crippen LogP contribution in [0.25, 0.3) is 0 Å². The Hall–Kier alpha value is -1.40. The molecule has 1 heterocycles. The Morgan fingerprint density at radius 1 is 1.00 bits per heavy atom. The second kappa shape index (κ2) is 8.14. The molecule has 0 unspecified atom stereocenters. The van der Waals surface area contributed by atoms with Crippen LogP contribution >= 0.6 is 23.5 Å². The maximum absolute atomic E-state index is 4.49. The molecule has 0 aliphatic rings. The average molecular weight is 320 g/mol. The molecule has 0 radical (unpaired) electrons. The molecule has 6 heteroatoms. The van der Waals surface area contributed by atoms with E-state index in [4.69, 9.17) is 0 Å². The standard InChI is InChI=1S/C15H20N4S2/c1-4-9-16-13-10-14(19-15(18-13)21-3)17-11-5-7-12(20-2)8-6-11/h5-8,10H,4,9H2,1-3H3,(H2,16,17,18,19). The molecule has 0 saturated carbocycles. The van der Waals surface area contributed by atoms with Gasteiger partial charge in [-0.2, -0.15) is 0 Å². The lowest BCUT2D eigenvalue weighted by atomic mass is 10.3. The fourth-order valence-electron chi connectivity index (χ4n) is 1.75. The van der Waals surface area contributed by atoms with Crippen molar-refractivity contribution < 1.29 is 0 Å². The van der Waals surface area contributed by atoms with Crippen molar-refractivity contribution in [3.8, 4) is 0 Å². The summed E-state index contributed by atoms with van der Waals surface area (Å²) in [7, 11) is 0. The Kier molecular flexibility index (Phi) is 6.20. The molecule has 0 saturated heterocycles. The topological polar surface area (TPSA) is 49.8 Å². The van der Waals surface area contributed by atoms with Crippen LogP contribution in [0, 0.1) is 0 Å². The van der Waals surface area contributed by atoms with Crippen molar-refractivity contribution in [1.82, 2.24) is 9.97 Å². The number of nitrogens with one attached hydrogen (secondary N) is 2. The predicted molar refractivity (Wildman–Crippen MR) is 94.1 cm³/mol. The van der Waals surface area contributed by atoms with E-state index in [1.165, 1.54) is 4.90 Å². The number of hydrogen-bond acceptors (Lipinski definition) is 6. The van der Waals surface area contributed by atoms with E-state index < -0.39 is 0 Å². The number of benzene rings is 1. The van der Waals surface area contributed by atoms with Gasteiger partial charge in [-0.1, -0.05) is 18.7 Å². The summed E-state index contributed by atoms with van der Waals surface area (Å²) in [5.74, 6) is 1.67. The van der Waals surface area contributed by atoms with Crippen LogP contribution in [0.15, 0.2) is 40.4 Å². The zero-order chi connectivity index (χ0) is 15.1. The van der Waals surface area contributed by atoms with E-state index >= 15 is 0 Å². The average Bonchev–Trinajstić information content (AvgIpc) is 2.53. The summed E-state index contributed by atoms with van der Waals surface area (Å²) < 4.78 is 0. The van der Waals surface area contributed by atoms with Crippen LogP contribution in [-0.2, 0) is 0 Å². The van der Waals surface area contributed by atoms with Gasteiger partial charge in [0.25, 0.3) is 0 Å². The molecule has 21 heavy (non-hydrogen) atoms. The highest BCUT2D eigenvalue weighted by Crippen LogP contribution is 2.23. The van der Waals surface area contributed by atoms with Crippen LogP contribution in [0.3, 0.4) is 0 Å². The molecule has 0 aliphatic heterocycles. The van der Waals surface area contributed by atoms with Gasteiger partial charge in [0, 0.05) is 23.2 Å². The minimum atomic E-state index is 0.763. The van der Waals surface area contributed by atoms with Gasteiger partial charge >= 0.3 is 0 Å². The Balaban J connectivity index is 2.16. The highest BCUT2D eigenvalue weighted by Gasteiger charge is 2.04. The second-order valence-electron chi connectivity index (χ2n) is 4.41. The van der Waals surface area contributed by atoms with E-state index in [2.05, 4.69) is 58.0 Å². The van der Waals surface area contributed by atoms with Crippen LogP contribution in [0.1, 0.15) is 13.3 Å². The number of nitrogens with zero attached hydrogens (tertiary/aromatic N) is 2. The van der Waals surface area contributed by atoms with Gasteiger partial charge < -0.3 is 10.6 Å². The molecular formula is C15H20N4S2. The van der Waals surface area contributed by atoms with Crippen molar-refractivity contribution >= 4 is 40.8 Å². The van der Waals surface area contributed by atoms with Crippen LogP contribution in [0.4, 0.5) is 17.3 Å². The molecule has 1 aromatic carbocycles. The third-order valence-electron chi connectivity index (χ3n) is 2.81. The summed E-state index contributed by atoms with van der Waals surface area (Å²) in [4.78, 5) is 10.2. The van der Waals surface area contributed by atoms with E-state index in [9.17, 15) is 0 Å². The highest BCUT2D eigenvalue weighted by atomic mass is 32.2. The minimum Gasteiger partial charge on any atom is -0.370 e. The first-order valence-corrected chi connectivity index (χ1v) is 9.28. The minimum absolute atomic E-state index is 0.763. The van der Waals surface area contributed by atoms with Gasteiger partial charge in [-0.15, -0.1) is 11.8 Å². The molecule has 0 amide bonds. The maximum Gasteiger partial charge on any atom is 0.191 e. The third kappa shape index (κ3) is 4.82. The quantitative estimate of drug-likeness (QED) is 0.579. The van der Waals surface area contributed by atoms with Crippen molar-refractivity contribution in [1.29, 1.82) is 0 Å². The molecule has 4 nitrogen and oxygen atoms in total. The van der Waals surface area contributed by atoms with E-state index in [0.29, 0.717) is 0 Å². The molecule has 2 N–H and O–H groups in total. The van der Waals surface area contributed by atoms with Gasteiger partial charge in [0.15, 0.2) is 5.16 Å². The molecular weight excluding hydrogens is 300 g/mol. The first kappa shape index (κ1) is 16.0. The summed E-state index contributed by atoms with van der Waals surface area (Å²) in [6, 6.07) is 10.3. The lowest BCUT2D eigenvalue weighted by Gasteiger charge is -2.10. The number of thioether (sulfide) groups is 2. The van der Waals surface area contributed by atoms with Crippen molar-refractivity contribution in [3.05, 3.63) is 30.3 Å². The molecule has 0 aliphatic carbocycles. The molecule has 0 spiro atoms. The molecule has 0 fully saturated rings. The second-order valence-corrected chi connectivity index (χ2v) is 6.06. The van der Waals surface area contributed by atoms with E-state index in [1.807, 2.05) is 12.3 Å². The van der Waals surface area contributed by atoms with Gasteiger partial charge in [0.2, 0.25) is 0 Å². The summed E-state index contributed by atoms with van der Waals surface area (Å²) in [6.07, 6.45) is 5.12. The molecule has 0 bridgehead atoms. The number of hydrogen-bond donors (Lipinski definition) is 2. The van der Waals surface area contributed by atoms with Gasteiger partial charge in [-0.05, 0) is 43.2 Å². The Labute approximate surface area is 134 Å². The van der Waals surface area contributed by atoms with Crippen LogP contribution < -0.4 is 10.6 Å². The number of aromatic nitrogens is 2. The molecule has 2 rings (SSSR count). The highest BCUT2D eigenvalue weighted by molar-refractivity contribution is 7.98. The molecule has 112 valence electrons. The largest absolute Gasteiger partial charge is 0.370 e. The first-order valence-electron chi connectivity index (χ1n) is 6.83. The zero-order valence-electron chi connectivity index (χ0n) is 12.5. The Morgan fingerprint density at radius 3 is 2.33 bits per heavy atom. The van der Waals surface area contributed by atoms with Gasteiger partial charge in [-0.25, -0.2) is 9.97 Å². The van der Waals surface area contributed by atoms with Crippen molar-refractivity contribution in [3.63, 3.8) is 0 Å². The molecule has 2 aromatic rings. The molecule has 0 atom stereocenters. The van der Waals surface area contributed by atoms with E-state index in [-0.39, 0.29) is 0 Å². The lowest BCUT2D eigenvalue weighted by molar-refractivity contribution is 0.929. The van der Waals surface area contributed by atoms with Gasteiger partial charge in [-0.3, -0.25) is 0 Å². The normalized spacial score (nSPS) is 10.4. The van der Waals surface area contributed by atoms with Crippen LogP contribution in [0.5, 0.6) is 0 Å². The maximum atomic E-state index is 4.49. The molecule has 1 aromatic heterocycles. The monoisotopic (exact) mass is 320 g/mol. The fraction of sp³-hybridized carbons (Fsp3) is 0.333. The van der Waals surface area contributed by atoms with E-state index in [0.717, 1.165) is 35.4 Å². The summed E-state index contributed by atoms with van der Waals surface area (Å²) >= 11 is 3.28. The van der Waals surface area contributed by atoms with E-state index in [1.54, 1.807) is 23.5 Å². The third-order valence-corrected chi connectivity index (χ3v) is 4.10. The van der Waals surface area contributed by atoms with Crippen LogP contribution in [-0.4, -0.2) is 29.0 Å². The van der Waals surface area contributed by atoms with Crippen LogP contribution in [0.2, 0.25) is 0 Å². The number of anilines is 3. The number of rotatable bonds is 7. The fourth-order valence-corrected chi connectivity index (χ4v) is 2.53.